The van der Waals surface area contributed by atoms with Gasteiger partial charge in [0.25, 0.3) is 0 Å². The third-order valence-electron chi connectivity index (χ3n) is 4.17. The number of nitrogens with zero attached hydrogens (tertiary/aromatic N) is 3. The van der Waals surface area contributed by atoms with Crippen molar-refractivity contribution in [1.29, 1.82) is 5.26 Å². The average molecular weight is 319 g/mol. The summed E-state index contributed by atoms with van der Waals surface area (Å²) < 4.78 is 13.4. The fourth-order valence-electron chi connectivity index (χ4n) is 2.97. The zero-order valence-corrected chi connectivity index (χ0v) is 13.5. The molecule has 4 rings (SSSR count). The largest absolute Gasteiger partial charge is 0.486 e. The predicted molar refractivity (Wildman–Crippen MR) is 91.1 cm³/mol. The van der Waals surface area contributed by atoms with Crippen molar-refractivity contribution >= 4 is 11.0 Å². The highest BCUT2D eigenvalue weighted by Crippen LogP contribution is 2.36. The summed E-state index contributed by atoms with van der Waals surface area (Å²) in [4.78, 5) is 4.79. The van der Waals surface area contributed by atoms with Crippen LogP contribution in [0.4, 0.5) is 0 Å². The van der Waals surface area contributed by atoms with Crippen LogP contribution in [0, 0.1) is 18.3 Å². The van der Waals surface area contributed by atoms with E-state index in [4.69, 9.17) is 19.7 Å². The Balaban J connectivity index is 1.91. The molecule has 1 aliphatic heterocycles. The SMILES string of the molecule is Cc1ccc(-c2nc3cc4c(cc3n2CCC#N)OCCO4)cc1. The lowest BCUT2D eigenvalue weighted by atomic mass is 10.1. The van der Waals surface area contributed by atoms with Crippen LogP contribution in [0.3, 0.4) is 0 Å². The summed E-state index contributed by atoms with van der Waals surface area (Å²) in [5, 5.41) is 9.00. The van der Waals surface area contributed by atoms with E-state index in [1.165, 1.54) is 5.56 Å². The maximum absolute atomic E-state index is 9.00. The molecule has 1 aliphatic rings. The van der Waals surface area contributed by atoms with E-state index < -0.39 is 0 Å². The molecule has 120 valence electrons. The highest BCUT2D eigenvalue weighted by atomic mass is 16.6. The van der Waals surface area contributed by atoms with E-state index >= 15 is 0 Å². The number of benzene rings is 2. The Morgan fingerprint density at radius 2 is 1.83 bits per heavy atom. The molecular formula is C19H17N3O2. The number of fused-ring (bicyclic) bond motifs is 2. The number of hydrogen-bond acceptors (Lipinski definition) is 4. The minimum absolute atomic E-state index is 0.429. The third-order valence-corrected chi connectivity index (χ3v) is 4.17. The molecule has 3 aromatic rings. The topological polar surface area (TPSA) is 60.1 Å². The quantitative estimate of drug-likeness (QED) is 0.738. The number of imidazole rings is 1. The molecule has 0 atom stereocenters. The van der Waals surface area contributed by atoms with Crippen molar-refractivity contribution in [1.82, 2.24) is 9.55 Å². The van der Waals surface area contributed by atoms with Crippen LogP contribution < -0.4 is 9.47 Å². The Kier molecular flexibility index (Phi) is 3.58. The molecule has 24 heavy (non-hydrogen) atoms. The van der Waals surface area contributed by atoms with Gasteiger partial charge in [-0.2, -0.15) is 5.26 Å². The molecule has 0 amide bonds. The molecule has 0 bridgehead atoms. The van der Waals surface area contributed by atoms with Gasteiger partial charge < -0.3 is 14.0 Å². The Morgan fingerprint density at radius 1 is 1.12 bits per heavy atom. The van der Waals surface area contributed by atoms with Gasteiger partial charge in [0.2, 0.25) is 0 Å². The maximum Gasteiger partial charge on any atom is 0.163 e. The second-order valence-electron chi connectivity index (χ2n) is 5.85. The van der Waals surface area contributed by atoms with Crippen molar-refractivity contribution in [3.63, 3.8) is 0 Å². The minimum atomic E-state index is 0.429. The van der Waals surface area contributed by atoms with Crippen LogP contribution >= 0.6 is 0 Å². The van der Waals surface area contributed by atoms with Gasteiger partial charge in [-0.15, -0.1) is 0 Å². The van der Waals surface area contributed by atoms with E-state index in [0.717, 1.165) is 33.9 Å². The molecule has 0 saturated carbocycles. The van der Waals surface area contributed by atoms with Crippen LogP contribution in [-0.4, -0.2) is 22.8 Å². The van der Waals surface area contributed by atoms with Crippen molar-refractivity contribution < 1.29 is 9.47 Å². The zero-order valence-electron chi connectivity index (χ0n) is 13.5. The second-order valence-corrected chi connectivity index (χ2v) is 5.85. The molecule has 0 radical (unpaired) electrons. The van der Waals surface area contributed by atoms with Gasteiger partial charge in [0, 0.05) is 24.2 Å². The molecule has 1 aromatic heterocycles. The lowest BCUT2D eigenvalue weighted by Crippen LogP contribution is -2.15. The highest BCUT2D eigenvalue weighted by molar-refractivity contribution is 5.84. The number of rotatable bonds is 3. The Morgan fingerprint density at radius 3 is 2.54 bits per heavy atom. The minimum Gasteiger partial charge on any atom is -0.486 e. The van der Waals surface area contributed by atoms with Crippen molar-refractivity contribution in [2.24, 2.45) is 0 Å². The average Bonchev–Trinajstić information content (AvgIpc) is 2.96. The lowest BCUT2D eigenvalue weighted by molar-refractivity contribution is 0.172. The van der Waals surface area contributed by atoms with Crippen LogP contribution in [-0.2, 0) is 6.54 Å². The summed E-state index contributed by atoms with van der Waals surface area (Å²) in [7, 11) is 0. The number of ether oxygens (including phenoxy) is 2. The molecule has 0 spiro atoms. The fraction of sp³-hybridized carbons (Fsp3) is 0.263. The number of aryl methyl sites for hydroxylation is 2. The number of nitriles is 1. The summed E-state index contributed by atoms with van der Waals surface area (Å²) in [6.45, 7) is 3.76. The summed E-state index contributed by atoms with van der Waals surface area (Å²) in [5.41, 5.74) is 4.06. The van der Waals surface area contributed by atoms with Gasteiger partial charge in [0.15, 0.2) is 11.5 Å². The van der Waals surface area contributed by atoms with Gasteiger partial charge in [0.05, 0.1) is 23.5 Å². The van der Waals surface area contributed by atoms with E-state index in [-0.39, 0.29) is 0 Å². The monoisotopic (exact) mass is 319 g/mol. The normalized spacial score (nSPS) is 13.0. The molecule has 0 fully saturated rings. The Bertz CT molecular complexity index is 936. The van der Waals surface area contributed by atoms with Gasteiger partial charge in [-0.25, -0.2) is 4.98 Å². The van der Waals surface area contributed by atoms with Crippen molar-refractivity contribution in [2.75, 3.05) is 13.2 Å². The van der Waals surface area contributed by atoms with Crippen LogP contribution in [0.15, 0.2) is 36.4 Å². The van der Waals surface area contributed by atoms with Gasteiger partial charge in [-0.1, -0.05) is 29.8 Å². The summed E-state index contributed by atoms with van der Waals surface area (Å²) in [6, 6.07) is 14.4. The lowest BCUT2D eigenvalue weighted by Gasteiger charge is -2.18. The molecule has 2 heterocycles. The summed E-state index contributed by atoms with van der Waals surface area (Å²) in [6.07, 6.45) is 0.429. The van der Waals surface area contributed by atoms with E-state index in [2.05, 4.69) is 41.8 Å². The fourth-order valence-corrected chi connectivity index (χ4v) is 2.97. The van der Waals surface area contributed by atoms with E-state index in [1.54, 1.807) is 0 Å². The predicted octanol–water partition coefficient (Wildman–Crippen LogP) is 3.70. The van der Waals surface area contributed by atoms with E-state index in [0.29, 0.717) is 26.2 Å². The van der Waals surface area contributed by atoms with Crippen LogP contribution in [0.25, 0.3) is 22.4 Å². The smallest absolute Gasteiger partial charge is 0.163 e. The molecule has 0 aliphatic carbocycles. The van der Waals surface area contributed by atoms with Crippen LogP contribution in [0.1, 0.15) is 12.0 Å². The van der Waals surface area contributed by atoms with Gasteiger partial charge >= 0.3 is 0 Å². The standard InChI is InChI=1S/C19H17N3O2/c1-13-3-5-14(6-4-13)19-21-15-11-17-18(24-10-9-23-17)12-16(15)22(19)8-2-7-20/h3-6,11-12H,2,8-10H2,1H3. The maximum atomic E-state index is 9.00. The summed E-state index contributed by atoms with van der Waals surface area (Å²) >= 11 is 0. The Labute approximate surface area is 140 Å². The molecule has 2 aromatic carbocycles. The first kappa shape index (κ1) is 14.6. The number of hydrogen-bond donors (Lipinski definition) is 0. The van der Waals surface area contributed by atoms with Gasteiger partial charge in [-0.05, 0) is 6.92 Å². The molecule has 0 N–H and O–H groups in total. The zero-order chi connectivity index (χ0) is 16.5. The van der Waals surface area contributed by atoms with Crippen molar-refractivity contribution in [2.45, 2.75) is 19.9 Å². The first-order valence-electron chi connectivity index (χ1n) is 8.00. The first-order valence-corrected chi connectivity index (χ1v) is 8.00. The third kappa shape index (κ3) is 2.46. The van der Waals surface area contributed by atoms with E-state index in [1.807, 2.05) is 12.1 Å². The summed E-state index contributed by atoms with van der Waals surface area (Å²) in [5.74, 6) is 2.33. The second kappa shape index (κ2) is 5.89. The Hall–Kier alpha value is -3.00. The molecule has 0 saturated heterocycles. The van der Waals surface area contributed by atoms with Gasteiger partial charge in [0.1, 0.15) is 19.0 Å². The first-order chi connectivity index (χ1) is 11.8. The van der Waals surface area contributed by atoms with Crippen LogP contribution in [0.5, 0.6) is 11.5 Å². The highest BCUT2D eigenvalue weighted by Gasteiger charge is 2.18. The number of aromatic nitrogens is 2. The van der Waals surface area contributed by atoms with Crippen molar-refractivity contribution in [3.8, 4) is 29.0 Å². The molecular weight excluding hydrogens is 302 g/mol. The van der Waals surface area contributed by atoms with E-state index in [9.17, 15) is 0 Å². The molecule has 5 nitrogen and oxygen atoms in total. The van der Waals surface area contributed by atoms with Gasteiger partial charge in [-0.3, -0.25) is 0 Å². The molecule has 5 heteroatoms. The van der Waals surface area contributed by atoms with Crippen molar-refractivity contribution in [3.05, 3.63) is 42.0 Å². The van der Waals surface area contributed by atoms with Crippen LogP contribution in [0.2, 0.25) is 0 Å². The molecule has 0 unspecified atom stereocenters.